The van der Waals surface area contributed by atoms with Crippen LogP contribution in [0.15, 0.2) is 59.1 Å². The maximum Gasteiger partial charge on any atom is 0.358 e. The Morgan fingerprint density at radius 3 is 2.67 bits per heavy atom. The Morgan fingerprint density at radius 2 is 2.00 bits per heavy atom. The molecular formula is C20H12ClN3O3. The summed E-state index contributed by atoms with van der Waals surface area (Å²) in [5.41, 5.74) is 3.35. The van der Waals surface area contributed by atoms with Gasteiger partial charge in [-0.05, 0) is 23.8 Å². The predicted molar refractivity (Wildman–Crippen MR) is 99.6 cm³/mol. The Hall–Kier alpha value is -3.56. The number of carboxylic acids is 1. The number of aromatic carboxylic acids is 1. The van der Waals surface area contributed by atoms with Gasteiger partial charge in [0.1, 0.15) is 6.07 Å². The lowest BCUT2D eigenvalue weighted by Gasteiger charge is -2.03. The zero-order valence-electron chi connectivity index (χ0n) is 13.9. The molecule has 27 heavy (non-hydrogen) atoms. The van der Waals surface area contributed by atoms with Gasteiger partial charge in [0, 0.05) is 35.2 Å². The van der Waals surface area contributed by atoms with Gasteiger partial charge in [0.2, 0.25) is 0 Å². The fourth-order valence-electron chi connectivity index (χ4n) is 3.04. The molecule has 0 atom stereocenters. The third-order valence-electron chi connectivity index (χ3n) is 4.34. The normalized spacial score (nSPS) is 10.8. The molecule has 0 unspecified atom stereocenters. The van der Waals surface area contributed by atoms with Crippen LogP contribution in [0, 0.1) is 11.3 Å². The standard InChI is InChI=1S/C20H12ClN3O3/c21-24-17-7-6-13(19-10-16(20(25)26)23-27-19)9-14(17)15(11-22)18(24)8-12-4-2-1-3-5-12/h1-7,9-10H,8H2,(H,25,26). The van der Waals surface area contributed by atoms with Crippen molar-refractivity contribution in [3.05, 3.63) is 77.1 Å². The summed E-state index contributed by atoms with van der Waals surface area (Å²) < 4.78 is 6.61. The number of benzene rings is 2. The minimum absolute atomic E-state index is 0.176. The van der Waals surface area contributed by atoms with Gasteiger partial charge < -0.3 is 9.63 Å². The van der Waals surface area contributed by atoms with Crippen LogP contribution < -0.4 is 0 Å². The Morgan fingerprint density at radius 1 is 1.22 bits per heavy atom. The molecule has 6 nitrogen and oxygen atoms in total. The monoisotopic (exact) mass is 377 g/mol. The second-order valence-electron chi connectivity index (χ2n) is 5.99. The molecule has 0 fully saturated rings. The highest BCUT2D eigenvalue weighted by Gasteiger charge is 2.19. The van der Waals surface area contributed by atoms with Crippen molar-refractivity contribution in [2.45, 2.75) is 6.42 Å². The summed E-state index contributed by atoms with van der Waals surface area (Å²) in [6, 6.07) is 18.6. The van der Waals surface area contributed by atoms with Crippen molar-refractivity contribution in [3.8, 4) is 17.4 Å². The third kappa shape index (κ3) is 2.94. The quantitative estimate of drug-likeness (QED) is 0.566. The summed E-state index contributed by atoms with van der Waals surface area (Å²) in [5, 5.41) is 22.9. The van der Waals surface area contributed by atoms with E-state index in [1.54, 1.807) is 18.2 Å². The highest BCUT2D eigenvalue weighted by molar-refractivity contribution is 6.20. The molecule has 2 aromatic heterocycles. The minimum atomic E-state index is -1.17. The Kier molecular flexibility index (Phi) is 4.15. The number of fused-ring (bicyclic) bond motifs is 1. The average molecular weight is 378 g/mol. The third-order valence-corrected chi connectivity index (χ3v) is 4.73. The molecule has 2 heterocycles. The van der Waals surface area contributed by atoms with Crippen LogP contribution in [0.1, 0.15) is 27.3 Å². The largest absolute Gasteiger partial charge is 0.476 e. The van der Waals surface area contributed by atoms with Gasteiger partial charge in [0.05, 0.1) is 16.8 Å². The molecule has 7 heteroatoms. The van der Waals surface area contributed by atoms with Crippen LogP contribution in [0.2, 0.25) is 0 Å². The van der Waals surface area contributed by atoms with E-state index in [4.69, 9.17) is 21.4 Å². The molecule has 0 aliphatic carbocycles. The van der Waals surface area contributed by atoms with Crippen molar-refractivity contribution >= 4 is 28.6 Å². The van der Waals surface area contributed by atoms with E-state index in [9.17, 15) is 10.1 Å². The van der Waals surface area contributed by atoms with E-state index in [0.717, 1.165) is 5.56 Å². The molecular weight excluding hydrogens is 366 g/mol. The maximum absolute atomic E-state index is 11.0. The molecule has 0 saturated carbocycles. The first kappa shape index (κ1) is 16.9. The molecule has 0 radical (unpaired) electrons. The van der Waals surface area contributed by atoms with Gasteiger partial charge in [-0.25, -0.2) is 4.79 Å². The number of nitriles is 1. The van der Waals surface area contributed by atoms with E-state index in [1.807, 2.05) is 30.3 Å². The number of hydrogen-bond acceptors (Lipinski definition) is 4. The summed E-state index contributed by atoms with van der Waals surface area (Å²) in [6.45, 7) is 0. The van der Waals surface area contributed by atoms with E-state index in [1.165, 1.54) is 10.2 Å². The first-order valence-electron chi connectivity index (χ1n) is 8.06. The van der Waals surface area contributed by atoms with Crippen LogP contribution in [0.25, 0.3) is 22.2 Å². The number of hydrogen-bond donors (Lipinski definition) is 1. The van der Waals surface area contributed by atoms with Gasteiger partial charge in [-0.3, -0.25) is 4.09 Å². The zero-order chi connectivity index (χ0) is 19.0. The zero-order valence-corrected chi connectivity index (χ0v) is 14.6. The van der Waals surface area contributed by atoms with Gasteiger partial charge in [-0.15, -0.1) is 0 Å². The highest BCUT2D eigenvalue weighted by Crippen LogP contribution is 2.32. The summed E-state index contributed by atoms with van der Waals surface area (Å²) in [5.74, 6) is -0.856. The fourth-order valence-corrected chi connectivity index (χ4v) is 3.34. The van der Waals surface area contributed by atoms with E-state index in [-0.39, 0.29) is 5.69 Å². The lowest BCUT2D eigenvalue weighted by atomic mass is 10.0. The second-order valence-corrected chi connectivity index (χ2v) is 6.33. The molecule has 0 spiro atoms. The topological polar surface area (TPSA) is 92.0 Å². The minimum Gasteiger partial charge on any atom is -0.476 e. The van der Waals surface area contributed by atoms with Crippen LogP contribution in [-0.4, -0.2) is 20.3 Å². The van der Waals surface area contributed by atoms with Crippen molar-refractivity contribution in [1.29, 1.82) is 5.26 Å². The summed E-state index contributed by atoms with van der Waals surface area (Å²) >= 11 is 6.49. The number of carbonyl (C=O) groups is 1. The van der Waals surface area contributed by atoms with E-state index < -0.39 is 5.97 Å². The van der Waals surface area contributed by atoms with Gasteiger partial charge >= 0.3 is 5.97 Å². The first-order valence-corrected chi connectivity index (χ1v) is 8.40. The number of nitrogens with zero attached hydrogens (tertiary/aromatic N) is 3. The number of halogens is 1. The van der Waals surface area contributed by atoms with Crippen LogP contribution in [0.3, 0.4) is 0 Å². The molecule has 0 aliphatic heterocycles. The summed E-state index contributed by atoms with van der Waals surface area (Å²) in [6.07, 6.45) is 0.517. The Balaban J connectivity index is 1.83. The van der Waals surface area contributed by atoms with Crippen molar-refractivity contribution in [3.63, 3.8) is 0 Å². The van der Waals surface area contributed by atoms with Crippen molar-refractivity contribution in [1.82, 2.24) is 9.24 Å². The van der Waals surface area contributed by atoms with E-state index in [2.05, 4.69) is 11.2 Å². The van der Waals surface area contributed by atoms with Crippen molar-refractivity contribution in [2.75, 3.05) is 0 Å². The van der Waals surface area contributed by atoms with Crippen LogP contribution in [-0.2, 0) is 6.42 Å². The summed E-state index contributed by atoms with van der Waals surface area (Å²) in [4.78, 5) is 11.0. The maximum atomic E-state index is 11.0. The lowest BCUT2D eigenvalue weighted by Crippen LogP contribution is -1.95. The van der Waals surface area contributed by atoms with E-state index in [0.29, 0.717) is 39.9 Å². The van der Waals surface area contributed by atoms with Gasteiger partial charge in [-0.1, -0.05) is 35.5 Å². The molecule has 0 aliphatic rings. The van der Waals surface area contributed by atoms with Crippen LogP contribution in [0.4, 0.5) is 0 Å². The van der Waals surface area contributed by atoms with Gasteiger partial charge in [0.15, 0.2) is 11.5 Å². The smallest absolute Gasteiger partial charge is 0.358 e. The number of carboxylic acid groups (broad SMARTS) is 1. The number of rotatable bonds is 4. The Labute approximate surface area is 158 Å². The first-order chi connectivity index (χ1) is 13.1. The van der Waals surface area contributed by atoms with Crippen LogP contribution >= 0.6 is 11.8 Å². The van der Waals surface area contributed by atoms with Crippen molar-refractivity contribution in [2.24, 2.45) is 0 Å². The van der Waals surface area contributed by atoms with Crippen LogP contribution in [0.5, 0.6) is 0 Å². The highest BCUT2D eigenvalue weighted by atomic mass is 35.5. The molecule has 1 N–H and O–H groups in total. The predicted octanol–water partition coefficient (Wildman–Crippen LogP) is 4.46. The Bertz CT molecular complexity index is 1200. The lowest BCUT2D eigenvalue weighted by molar-refractivity contribution is 0.0686. The molecule has 0 bridgehead atoms. The molecule has 132 valence electrons. The molecule has 4 aromatic rings. The molecule has 0 amide bonds. The van der Waals surface area contributed by atoms with Gasteiger partial charge in [0.25, 0.3) is 0 Å². The fraction of sp³-hybridized carbons (Fsp3) is 0.0500. The molecule has 0 saturated heterocycles. The number of aromatic nitrogens is 2. The van der Waals surface area contributed by atoms with Gasteiger partial charge in [-0.2, -0.15) is 5.26 Å². The summed E-state index contributed by atoms with van der Waals surface area (Å²) in [7, 11) is 0. The second kappa shape index (κ2) is 6.63. The molecule has 2 aromatic carbocycles. The average Bonchev–Trinajstić information content (AvgIpc) is 3.27. The molecule has 4 rings (SSSR count). The van der Waals surface area contributed by atoms with Crippen molar-refractivity contribution < 1.29 is 14.4 Å². The SMILES string of the molecule is N#Cc1c(Cc2ccccc2)n(Cl)c2ccc(-c3cc(C(=O)O)no3)cc12. The van der Waals surface area contributed by atoms with E-state index >= 15 is 0 Å².